The minimum Gasteiger partial charge on any atom is -0.493 e. The number of oxazole rings is 1. The van der Waals surface area contributed by atoms with Crippen LogP contribution >= 0.6 is 0 Å². The number of hydrogen-bond acceptors (Lipinski definition) is 5. The molecule has 3 aromatic rings. The SMILES string of the molecule is Cc1oc(-c2ccccc2)nc1CCOc1ccc(C[C@H](NC(=O)C(F)(F)F)C(=O)O)cc1. The maximum atomic E-state index is 12.4. The first-order valence-corrected chi connectivity index (χ1v) is 9.97. The first-order chi connectivity index (χ1) is 15.6. The predicted molar refractivity (Wildman–Crippen MR) is 112 cm³/mol. The van der Waals surface area contributed by atoms with E-state index in [2.05, 4.69) is 4.98 Å². The van der Waals surface area contributed by atoms with Crippen LogP contribution in [0, 0.1) is 6.92 Å². The number of nitrogens with zero attached hydrogens (tertiary/aromatic N) is 1. The van der Waals surface area contributed by atoms with Gasteiger partial charge >= 0.3 is 18.1 Å². The Labute approximate surface area is 187 Å². The second kappa shape index (κ2) is 10.2. The van der Waals surface area contributed by atoms with Gasteiger partial charge in [-0.2, -0.15) is 13.2 Å². The topological polar surface area (TPSA) is 102 Å². The van der Waals surface area contributed by atoms with Crippen LogP contribution in [0.15, 0.2) is 59.0 Å². The van der Waals surface area contributed by atoms with Gasteiger partial charge in [0, 0.05) is 18.4 Å². The predicted octanol–water partition coefficient (Wildman–Crippen LogP) is 3.95. The van der Waals surface area contributed by atoms with Gasteiger partial charge in [0.2, 0.25) is 5.89 Å². The fourth-order valence-corrected chi connectivity index (χ4v) is 3.03. The van der Waals surface area contributed by atoms with E-state index in [1.54, 1.807) is 12.1 Å². The van der Waals surface area contributed by atoms with E-state index < -0.39 is 24.1 Å². The number of alkyl halides is 3. The molecular weight excluding hydrogens is 441 g/mol. The van der Waals surface area contributed by atoms with Gasteiger partial charge < -0.3 is 19.6 Å². The molecule has 1 aromatic heterocycles. The molecule has 0 aliphatic heterocycles. The van der Waals surface area contributed by atoms with E-state index in [0.717, 1.165) is 11.3 Å². The van der Waals surface area contributed by atoms with Crippen LogP contribution in [-0.4, -0.2) is 40.8 Å². The van der Waals surface area contributed by atoms with Crippen molar-refractivity contribution in [3.63, 3.8) is 0 Å². The molecule has 0 spiro atoms. The molecule has 0 unspecified atom stereocenters. The minimum atomic E-state index is -5.16. The lowest BCUT2D eigenvalue weighted by molar-refractivity contribution is -0.175. The van der Waals surface area contributed by atoms with Gasteiger partial charge in [-0.05, 0) is 36.8 Å². The van der Waals surface area contributed by atoms with Crippen LogP contribution in [0.1, 0.15) is 17.0 Å². The van der Waals surface area contributed by atoms with Crippen LogP contribution in [0.5, 0.6) is 5.75 Å². The van der Waals surface area contributed by atoms with Gasteiger partial charge in [0.25, 0.3) is 0 Å². The number of aromatic nitrogens is 1. The van der Waals surface area contributed by atoms with E-state index in [1.807, 2.05) is 37.3 Å². The molecule has 0 aliphatic carbocycles. The number of halogens is 3. The quantitative estimate of drug-likeness (QED) is 0.500. The summed E-state index contributed by atoms with van der Waals surface area (Å²) in [6.07, 6.45) is -4.97. The van der Waals surface area contributed by atoms with E-state index in [0.29, 0.717) is 36.0 Å². The monoisotopic (exact) mass is 462 g/mol. The highest BCUT2D eigenvalue weighted by atomic mass is 19.4. The van der Waals surface area contributed by atoms with Crippen LogP contribution < -0.4 is 10.1 Å². The summed E-state index contributed by atoms with van der Waals surface area (Å²) < 4.78 is 48.5. The van der Waals surface area contributed by atoms with Crippen LogP contribution in [0.4, 0.5) is 13.2 Å². The summed E-state index contributed by atoms with van der Waals surface area (Å²) in [5.74, 6) is -2.15. The summed E-state index contributed by atoms with van der Waals surface area (Å²) >= 11 is 0. The Balaban J connectivity index is 1.54. The number of amides is 1. The van der Waals surface area contributed by atoms with Crippen LogP contribution in [-0.2, 0) is 22.4 Å². The van der Waals surface area contributed by atoms with Gasteiger partial charge in [0.15, 0.2) is 0 Å². The minimum absolute atomic E-state index is 0.306. The van der Waals surface area contributed by atoms with Crippen molar-refractivity contribution in [3.05, 3.63) is 71.6 Å². The second-order valence-electron chi connectivity index (χ2n) is 7.20. The highest BCUT2D eigenvalue weighted by Gasteiger charge is 2.40. The van der Waals surface area contributed by atoms with E-state index in [9.17, 15) is 22.8 Å². The molecule has 10 heteroatoms. The smallest absolute Gasteiger partial charge is 0.471 e. The lowest BCUT2D eigenvalue weighted by Gasteiger charge is -2.16. The van der Waals surface area contributed by atoms with Crippen LogP contribution in [0.2, 0.25) is 0 Å². The van der Waals surface area contributed by atoms with E-state index in [-0.39, 0.29) is 6.42 Å². The van der Waals surface area contributed by atoms with Crippen molar-refractivity contribution in [2.45, 2.75) is 32.0 Å². The highest BCUT2D eigenvalue weighted by molar-refractivity contribution is 5.87. The van der Waals surface area contributed by atoms with Crippen molar-refractivity contribution >= 4 is 11.9 Å². The molecule has 0 saturated carbocycles. The number of aryl methyl sites for hydroxylation is 1. The number of carbonyl (C=O) groups excluding carboxylic acids is 1. The van der Waals surface area contributed by atoms with Crippen molar-refractivity contribution in [2.24, 2.45) is 0 Å². The van der Waals surface area contributed by atoms with Crippen molar-refractivity contribution in [3.8, 4) is 17.2 Å². The number of nitrogens with one attached hydrogen (secondary N) is 1. The standard InChI is InChI=1S/C23H21F3N2O5/c1-14-18(27-20(33-14)16-5-3-2-4-6-16)11-12-32-17-9-7-15(8-10-17)13-19(21(29)30)28-22(31)23(24,25)26/h2-10,19H,11-13H2,1H3,(H,28,31)(H,29,30)/t19-/m0/s1. The first-order valence-electron chi connectivity index (χ1n) is 9.97. The zero-order valence-corrected chi connectivity index (χ0v) is 17.6. The number of rotatable bonds is 9. The normalized spacial score (nSPS) is 12.2. The molecular formula is C23H21F3N2O5. The lowest BCUT2D eigenvalue weighted by atomic mass is 10.1. The molecule has 0 bridgehead atoms. The molecule has 0 fully saturated rings. The number of benzene rings is 2. The fourth-order valence-electron chi connectivity index (χ4n) is 3.03. The molecule has 0 aliphatic rings. The average molecular weight is 462 g/mol. The van der Waals surface area contributed by atoms with Gasteiger partial charge in [-0.3, -0.25) is 4.79 Å². The summed E-state index contributed by atoms with van der Waals surface area (Å²) in [7, 11) is 0. The summed E-state index contributed by atoms with van der Waals surface area (Å²) in [4.78, 5) is 26.7. The number of hydrogen-bond donors (Lipinski definition) is 2. The maximum absolute atomic E-state index is 12.4. The third-order valence-corrected chi connectivity index (χ3v) is 4.75. The Morgan fingerprint density at radius 2 is 1.79 bits per heavy atom. The highest BCUT2D eigenvalue weighted by Crippen LogP contribution is 2.22. The van der Waals surface area contributed by atoms with Crippen molar-refractivity contribution in [2.75, 3.05) is 6.61 Å². The summed E-state index contributed by atoms with van der Waals surface area (Å²) in [6, 6.07) is 14.0. The molecule has 0 saturated heterocycles. The van der Waals surface area contributed by atoms with Gasteiger partial charge in [-0.25, -0.2) is 9.78 Å². The Hall–Kier alpha value is -3.82. The molecule has 1 heterocycles. The number of ether oxygens (including phenoxy) is 1. The Bertz CT molecular complexity index is 1100. The molecule has 174 valence electrons. The third kappa shape index (κ3) is 6.58. The fraction of sp³-hybridized carbons (Fsp3) is 0.261. The average Bonchev–Trinajstić information content (AvgIpc) is 3.14. The van der Waals surface area contributed by atoms with Crippen molar-refractivity contribution in [1.82, 2.24) is 10.3 Å². The van der Waals surface area contributed by atoms with Gasteiger partial charge in [0.1, 0.15) is 17.6 Å². The first kappa shape index (κ1) is 23.8. The summed E-state index contributed by atoms with van der Waals surface area (Å²) in [5, 5.41) is 10.6. The van der Waals surface area contributed by atoms with Gasteiger partial charge in [0.05, 0.1) is 12.3 Å². The number of aliphatic carboxylic acids is 1. The van der Waals surface area contributed by atoms with E-state index in [1.165, 1.54) is 17.4 Å². The molecule has 1 amide bonds. The maximum Gasteiger partial charge on any atom is 0.471 e. The summed E-state index contributed by atoms with van der Waals surface area (Å²) in [6.45, 7) is 2.13. The lowest BCUT2D eigenvalue weighted by Crippen LogP contribution is -2.47. The zero-order valence-electron chi connectivity index (χ0n) is 17.6. The summed E-state index contributed by atoms with van der Waals surface area (Å²) in [5.41, 5.74) is 2.06. The molecule has 1 atom stereocenters. The van der Waals surface area contributed by atoms with Gasteiger partial charge in [-0.1, -0.05) is 30.3 Å². The zero-order chi connectivity index (χ0) is 24.0. The molecule has 3 rings (SSSR count). The van der Waals surface area contributed by atoms with E-state index >= 15 is 0 Å². The van der Waals surface area contributed by atoms with Crippen LogP contribution in [0.25, 0.3) is 11.5 Å². The number of carbonyl (C=O) groups is 2. The Kier molecular flexibility index (Phi) is 7.37. The Morgan fingerprint density at radius 3 is 2.39 bits per heavy atom. The van der Waals surface area contributed by atoms with Crippen molar-refractivity contribution in [1.29, 1.82) is 0 Å². The molecule has 2 aromatic carbocycles. The number of carboxylic acid groups (broad SMARTS) is 1. The molecule has 33 heavy (non-hydrogen) atoms. The van der Waals surface area contributed by atoms with Crippen molar-refractivity contribution < 1.29 is 37.0 Å². The van der Waals surface area contributed by atoms with Gasteiger partial charge in [-0.15, -0.1) is 0 Å². The molecule has 2 N–H and O–H groups in total. The van der Waals surface area contributed by atoms with Crippen LogP contribution in [0.3, 0.4) is 0 Å². The number of carboxylic acids is 1. The molecule has 0 radical (unpaired) electrons. The second-order valence-corrected chi connectivity index (χ2v) is 7.20. The molecule has 7 nitrogen and oxygen atoms in total. The largest absolute Gasteiger partial charge is 0.493 e. The Morgan fingerprint density at radius 1 is 1.12 bits per heavy atom. The van der Waals surface area contributed by atoms with E-state index in [4.69, 9.17) is 14.3 Å². The third-order valence-electron chi connectivity index (χ3n) is 4.75.